The molecular weight excluding hydrogens is 412 g/mol. The summed E-state index contributed by atoms with van der Waals surface area (Å²) < 4.78 is 18.1. The van der Waals surface area contributed by atoms with Crippen molar-refractivity contribution in [3.8, 4) is 28.7 Å². The molecule has 7 nitrogen and oxygen atoms in total. The molecule has 7 heteroatoms. The quantitative estimate of drug-likeness (QED) is 0.606. The number of fused-ring (bicyclic) bond motifs is 5. The molecule has 0 unspecified atom stereocenters. The monoisotopic (exact) mass is 436 g/mol. The molecular formula is C25H24O7. The van der Waals surface area contributed by atoms with Crippen molar-refractivity contribution in [2.45, 2.75) is 51.1 Å². The van der Waals surface area contributed by atoms with Crippen LogP contribution >= 0.6 is 0 Å². The Hall–Kier alpha value is -3.45. The molecule has 3 heterocycles. The van der Waals surface area contributed by atoms with E-state index in [4.69, 9.17) is 14.2 Å². The second kappa shape index (κ2) is 6.29. The third-order valence-electron chi connectivity index (χ3n) is 6.10. The third-order valence-corrected chi connectivity index (χ3v) is 6.10. The largest absolute Gasteiger partial charge is 0.508 e. The molecule has 3 aliphatic heterocycles. The van der Waals surface area contributed by atoms with Crippen LogP contribution in [0.25, 0.3) is 6.08 Å². The summed E-state index contributed by atoms with van der Waals surface area (Å²) in [5, 5.41) is 32.8. The lowest BCUT2D eigenvalue weighted by Gasteiger charge is -2.43. The second-order valence-corrected chi connectivity index (χ2v) is 9.22. The number of allylic oxidation sites excluding steroid dienone is 1. The first kappa shape index (κ1) is 20.5. The van der Waals surface area contributed by atoms with Crippen molar-refractivity contribution in [3.05, 3.63) is 58.7 Å². The number of ether oxygens (including phenoxy) is 3. The first-order chi connectivity index (χ1) is 15.0. The van der Waals surface area contributed by atoms with Gasteiger partial charge in [-0.2, -0.15) is 0 Å². The lowest BCUT2D eigenvalue weighted by atomic mass is 9.77. The second-order valence-electron chi connectivity index (χ2n) is 9.22. The Kier molecular flexibility index (Phi) is 4.02. The molecule has 2 atom stereocenters. The van der Waals surface area contributed by atoms with Crippen LogP contribution in [0.3, 0.4) is 0 Å². The zero-order chi connectivity index (χ0) is 23.1. The van der Waals surface area contributed by atoms with E-state index in [2.05, 4.69) is 0 Å². The summed E-state index contributed by atoms with van der Waals surface area (Å²) >= 11 is 0. The molecule has 5 rings (SSSR count). The topological polar surface area (TPSA) is 105 Å². The Labute approximate surface area is 185 Å². The van der Waals surface area contributed by atoms with Crippen LogP contribution in [0.15, 0.2) is 42.0 Å². The van der Waals surface area contributed by atoms with Crippen LogP contribution in [-0.4, -0.2) is 32.3 Å². The van der Waals surface area contributed by atoms with E-state index < -0.39 is 22.8 Å². The molecule has 2 aromatic rings. The van der Waals surface area contributed by atoms with Crippen molar-refractivity contribution in [3.63, 3.8) is 0 Å². The number of benzene rings is 2. The highest BCUT2D eigenvalue weighted by Gasteiger charge is 2.69. The summed E-state index contributed by atoms with van der Waals surface area (Å²) in [6.07, 6.45) is 5.25. The molecule has 3 aliphatic rings. The smallest absolute Gasteiger partial charge is 0.286 e. The maximum absolute atomic E-state index is 13.9. The highest BCUT2D eigenvalue weighted by atomic mass is 16.7. The maximum Gasteiger partial charge on any atom is 0.286 e. The average Bonchev–Trinajstić information content (AvgIpc) is 2.93. The van der Waals surface area contributed by atoms with Gasteiger partial charge >= 0.3 is 0 Å². The number of aliphatic hydroxyl groups is 1. The first-order valence-electron chi connectivity index (χ1n) is 10.4. The zero-order valence-electron chi connectivity index (χ0n) is 18.2. The van der Waals surface area contributed by atoms with Crippen molar-refractivity contribution in [2.75, 3.05) is 0 Å². The molecule has 3 N–H and O–H groups in total. The van der Waals surface area contributed by atoms with Crippen LogP contribution < -0.4 is 14.2 Å². The standard InChI is InChI=1S/C25H24O7/c1-13(2)7-10-24-22(28)20-19(12-17-15(21(20)27)8-9-23(3,4)30-17)32-25(24,29)16-6-5-14(26)11-18(16)31-24/h5-9,11-12,26-27,29H,10H2,1-4H3/t24-,25-/m0/s1. The molecule has 0 saturated carbocycles. The molecule has 0 aliphatic carbocycles. The Morgan fingerprint density at radius 3 is 2.50 bits per heavy atom. The normalized spacial score (nSPS) is 26.0. The molecule has 0 amide bonds. The van der Waals surface area contributed by atoms with Gasteiger partial charge in [-0.05, 0) is 52.0 Å². The van der Waals surface area contributed by atoms with Crippen molar-refractivity contribution in [1.82, 2.24) is 0 Å². The molecule has 0 radical (unpaired) electrons. The van der Waals surface area contributed by atoms with Crippen molar-refractivity contribution in [2.24, 2.45) is 0 Å². The zero-order valence-corrected chi connectivity index (χ0v) is 18.2. The minimum absolute atomic E-state index is 0.00259. The molecule has 0 bridgehead atoms. The molecule has 2 aromatic carbocycles. The highest BCUT2D eigenvalue weighted by molar-refractivity contribution is 6.10. The van der Waals surface area contributed by atoms with E-state index in [1.165, 1.54) is 24.3 Å². The van der Waals surface area contributed by atoms with Gasteiger partial charge in [-0.3, -0.25) is 4.79 Å². The Balaban J connectivity index is 1.76. The number of carbonyl (C=O) groups excluding carboxylic acids is 1. The molecule has 166 valence electrons. The van der Waals surface area contributed by atoms with Crippen LogP contribution in [-0.2, 0) is 5.79 Å². The van der Waals surface area contributed by atoms with Gasteiger partial charge in [-0.1, -0.05) is 11.6 Å². The Bertz CT molecular complexity index is 1240. The van der Waals surface area contributed by atoms with Gasteiger partial charge in [0.25, 0.3) is 5.79 Å². The Morgan fingerprint density at radius 1 is 1.03 bits per heavy atom. The summed E-state index contributed by atoms with van der Waals surface area (Å²) in [6, 6.07) is 5.69. The number of hydrogen-bond donors (Lipinski definition) is 3. The number of rotatable bonds is 2. The van der Waals surface area contributed by atoms with E-state index in [9.17, 15) is 20.1 Å². The lowest BCUT2D eigenvalue weighted by molar-refractivity contribution is -0.221. The van der Waals surface area contributed by atoms with E-state index in [1.54, 1.807) is 18.2 Å². The summed E-state index contributed by atoms with van der Waals surface area (Å²) in [6.45, 7) is 7.45. The van der Waals surface area contributed by atoms with Gasteiger partial charge in [0, 0.05) is 18.6 Å². The summed E-state index contributed by atoms with van der Waals surface area (Å²) in [7, 11) is 0. The fourth-order valence-corrected chi connectivity index (χ4v) is 4.45. The predicted molar refractivity (Wildman–Crippen MR) is 116 cm³/mol. The van der Waals surface area contributed by atoms with E-state index in [0.29, 0.717) is 11.3 Å². The number of ketones is 1. The van der Waals surface area contributed by atoms with Gasteiger partial charge in [0.05, 0.1) is 11.1 Å². The maximum atomic E-state index is 13.9. The SMILES string of the molecule is CC(C)=CC[C@@]12Oc3cc(O)ccc3[C@]1(O)Oc1cc3c(c(O)c1C2=O)C=CC(C)(C)O3. The molecule has 0 spiro atoms. The fraction of sp³-hybridized carbons (Fsp3) is 0.320. The van der Waals surface area contributed by atoms with E-state index >= 15 is 0 Å². The molecule has 0 fully saturated rings. The van der Waals surface area contributed by atoms with Crippen molar-refractivity contribution < 1.29 is 34.3 Å². The number of hydrogen-bond acceptors (Lipinski definition) is 7. The van der Waals surface area contributed by atoms with Gasteiger partial charge in [0.2, 0.25) is 11.4 Å². The van der Waals surface area contributed by atoms with E-state index in [1.807, 2.05) is 27.7 Å². The van der Waals surface area contributed by atoms with Crippen LogP contribution in [0.4, 0.5) is 0 Å². The summed E-state index contributed by atoms with van der Waals surface area (Å²) in [5.41, 5.74) is -1.09. The van der Waals surface area contributed by atoms with Gasteiger partial charge in [-0.15, -0.1) is 0 Å². The molecule has 0 aromatic heterocycles. The van der Waals surface area contributed by atoms with Crippen LogP contribution in [0.1, 0.15) is 55.6 Å². The van der Waals surface area contributed by atoms with Gasteiger partial charge < -0.3 is 29.5 Å². The number of phenols is 2. The van der Waals surface area contributed by atoms with Crippen LogP contribution in [0, 0.1) is 0 Å². The number of phenolic OH excluding ortho intramolecular Hbond substituents is 2. The van der Waals surface area contributed by atoms with Crippen LogP contribution in [0.5, 0.6) is 28.7 Å². The number of aromatic hydroxyl groups is 2. The van der Waals surface area contributed by atoms with E-state index in [-0.39, 0.29) is 40.5 Å². The molecule has 32 heavy (non-hydrogen) atoms. The number of Topliss-reactive ketones (excluding diaryl/α,β-unsaturated/α-hetero) is 1. The van der Waals surface area contributed by atoms with E-state index in [0.717, 1.165) is 5.57 Å². The highest BCUT2D eigenvalue weighted by Crippen LogP contribution is 2.58. The predicted octanol–water partition coefficient (Wildman–Crippen LogP) is 4.19. The molecule has 0 saturated heterocycles. The van der Waals surface area contributed by atoms with Crippen LogP contribution in [0.2, 0.25) is 0 Å². The van der Waals surface area contributed by atoms with Gasteiger partial charge in [0.15, 0.2) is 0 Å². The van der Waals surface area contributed by atoms with Crippen molar-refractivity contribution in [1.29, 1.82) is 0 Å². The Morgan fingerprint density at radius 2 is 1.78 bits per heavy atom. The minimum Gasteiger partial charge on any atom is -0.508 e. The van der Waals surface area contributed by atoms with Gasteiger partial charge in [-0.25, -0.2) is 0 Å². The number of carbonyl (C=O) groups is 1. The summed E-state index contributed by atoms with van der Waals surface area (Å²) in [4.78, 5) is 13.9. The fourth-order valence-electron chi connectivity index (χ4n) is 4.45. The minimum atomic E-state index is -2.17. The van der Waals surface area contributed by atoms with Gasteiger partial charge in [0.1, 0.15) is 39.9 Å². The first-order valence-corrected chi connectivity index (χ1v) is 10.4. The average molecular weight is 436 g/mol. The lowest BCUT2D eigenvalue weighted by Crippen LogP contribution is -2.62. The summed E-state index contributed by atoms with van der Waals surface area (Å²) in [5.74, 6) is -2.69. The van der Waals surface area contributed by atoms with Crippen molar-refractivity contribution >= 4 is 11.9 Å². The third kappa shape index (κ3) is 2.61.